The number of nitrogens with one attached hydrogen (secondary N) is 1. The zero-order chi connectivity index (χ0) is 13.2. The number of benzene rings is 1. The van der Waals surface area contributed by atoms with Crippen molar-refractivity contribution in [2.24, 2.45) is 0 Å². The lowest BCUT2D eigenvalue weighted by molar-refractivity contribution is 0.162. The van der Waals surface area contributed by atoms with Crippen LogP contribution in [0.3, 0.4) is 0 Å². The standard InChI is InChI=1S/C17H26N2/c1-13-5-3-6-15(11-13)14(2)18-16-8-10-19-9-4-7-17(19)12-16/h3,5-6,11,14,16-18H,4,7-10,12H2,1-2H3/t14-,16?,17?/m0/s1. The number of piperidine rings is 1. The number of nitrogens with zero attached hydrogens (tertiary/aromatic N) is 1. The normalized spacial score (nSPS) is 29.2. The van der Waals surface area contributed by atoms with E-state index in [4.69, 9.17) is 0 Å². The summed E-state index contributed by atoms with van der Waals surface area (Å²) in [5, 5.41) is 3.85. The largest absolute Gasteiger partial charge is 0.307 e. The molecule has 2 nitrogen and oxygen atoms in total. The molecular formula is C17H26N2. The second-order valence-electron chi connectivity index (χ2n) is 6.36. The van der Waals surface area contributed by atoms with Gasteiger partial charge in [-0.3, -0.25) is 0 Å². The molecule has 2 saturated heterocycles. The number of rotatable bonds is 3. The van der Waals surface area contributed by atoms with Crippen molar-refractivity contribution in [2.45, 2.75) is 57.7 Å². The molecule has 0 amide bonds. The molecule has 3 atom stereocenters. The lowest BCUT2D eigenvalue weighted by Crippen LogP contribution is -2.46. The molecule has 2 aliphatic heterocycles. The molecule has 1 aromatic carbocycles. The number of fused-ring (bicyclic) bond motifs is 1. The fraction of sp³-hybridized carbons (Fsp3) is 0.647. The van der Waals surface area contributed by atoms with Crippen LogP contribution < -0.4 is 5.32 Å². The molecule has 0 aromatic heterocycles. The Labute approximate surface area is 117 Å². The van der Waals surface area contributed by atoms with Gasteiger partial charge in [0.1, 0.15) is 0 Å². The van der Waals surface area contributed by atoms with Crippen LogP contribution in [0.1, 0.15) is 49.8 Å². The van der Waals surface area contributed by atoms with Crippen molar-refractivity contribution < 1.29 is 0 Å². The summed E-state index contributed by atoms with van der Waals surface area (Å²) in [6.07, 6.45) is 5.48. The third-order valence-corrected chi connectivity index (χ3v) is 4.85. The minimum absolute atomic E-state index is 0.470. The number of hydrogen-bond acceptors (Lipinski definition) is 2. The smallest absolute Gasteiger partial charge is 0.0294 e. The lowest BCUT2D eigenvalue weighted by atomic mass is 9.96. The van der Waals surface area contributed by atoms with Crippen LogP contribution in [0.2, 0.25) is 0 Å². The van der Waals surface area contributed by atoms with Gasteiger partial charge in [0.2, 0.25) is 0 Å². The summed E-state index contributed by atoms with van der Waals surface area (Å²) in [6.45, 7) is 7.11. The molecule has 2 heterocycles. The Morgan fingerprint density at radius 1 is 1.26 bits per heavy atom. The SMILES string of the molecule is Cc1cccc([C@H](C)NC2CCN3CCCC3C2)c1. The first-order chi connectivity index (χ1) is 9.22. The summed E-state index contributed by atoms with van der Waals surface area (Å²) >= 11 is 0. The molecule has 2 unspecified atom stereocenters. The van der Waals surface area contributed by atoms with Gasteiger partial charge in [-0.1, -0.05) is 29.8 Å². The minimum Gasteiger partial charge on any atom is -0.307 e. The van der Waals surface area contributed by atoms with E-state index < -0.39 is 0 Å². The van der Waals surface area contributed by atoms with Crippen molar-refractivity contribution in [1.82, 2.24) is 10.2 Å². The van der Waals surface area contributed by atoms with Gasteiger partial charge in [0.15, 0.2) is 0 Å². The van der Waals surface area contributed by atoms with Crippen LogP contribution in [-0.2, 0) is 0 Å². The van der Waals surface area contributed by atoms with Crippen molar-refractivity contribution in [2.75, 3.05) is 13.1 Å². The van der Waals surface area contributed by atoms with Gasteiger partial charge in [0.25, 0.3) is 0 Å². The fourth-order valence-electron chi connectivity index (χ4n) is 3.76. The Bertz CT molecular complexity index is 429. The Morgan fingerprint density at radius 3 is 3.00 bits per heavy atom. The van der Waals surface area contributed by atoms with Gasteiger partial charge in [0.05, 0.1) is 0 Å². The van der Waals surface area contributed by atoms with E-state index in [1.165, 1.54) is 49.9 Å². The highest BCUT2D eigenvalue weighted by Crippen LogP contribution is 2.28. The zero-order valence-electron chi connectivity index (χ0n) is 12.2. The van der Waals surface area contributed by atoms with Gasteiger partial charge >= 0.3 is 0 Å². The maximum absolute atomic E-state index is 3.85. The molecule has 0 spiro atoms. The van der Waals surface area contributed by atoms with Crippen molar-refractivity contribution in [3.8, 4) is 0 Å². The first kappa shape index (κ1) is 13.1. The van der Waals surface area contributed by atoms with Gasteiger partial charge in [-0.25, -0.2) is 0 Å². The average Bonchev–Trinajstić information content (AvgIpc) is 2.86. The van der Waals surface area contributed by atoms with E-state index >= 15 is 0 Å². The van der Waals surface area contributed by atoms with Gasteiger partial charge in [-0.15, -0.1) is 0 Å². The summed E-state index contributed by atoms with van der Waals surface area (Å²) < 4.78 is 0. The first-order valence-corrected chi connectivity index (χ1v) is 7.79. The quantitative estimate of drug-likeness (QED) is 0.895. The van der Waals surface area contributed by atoms with Gasteiger partial charge in [0, 0.05) is 18.1 Å². The highest BCUT2D eigenvalue weighted by molar-refractivity contribution is 5.24. The second-order valence-corrected chi connectivity index (χ2v) is 6.36. The molecule has 2 aliphatic rings. The summed E-state index contributed by atoms with van der Waals surface area (Å²) in [6, 6.07) is 10.9. The van der Waals surface area contributed by atoms with E-state index in [0.717, 1.165) is 6.04 Å². The van der Waals surface area contributed by atoms with Gasteiger partial charge < -0.3 is 10.2 Å². The van der Waals surface area contributed by atoms with E-state index in [1.807, 2.05) is 0 Å². The van der Waals surface area contributed by atoms with Crippen molar-refractivity contribution >= 4 is 0 Å². The predicted octanol–water partition coefficient (Wildman–Crippen LogP) is 3.27. The van der Waals surface area contributed by atoms with Crippen LogP contribution in [-0.4, -0.2) is 30.1 Å². The Kier molecular flexibility index (Phi) is 3.90. The molecule has 1 N–H and O–H groups in total. The summed E-state index contributed by atoms with van der Waals surface area (Å²) in [7, 11) is 0. The van der Waals surface area contributed by atoms with E-state index in [-0.39, 0.29) is 0 Å². The molecule has 1 aromatic rings. The monoisotopic (exact) mass is 258 g/mol. The molecule has 2 heteroatoms. The highest BCUT2D eigenvalue weighted by Gasteiger charge is 2.31. The number of hydrogen-bond donors (Lipinski definition) is 1. The molecule has 0 aliphatic carbocycles. The van der Waals surface area contributed by atoms with E-state index in [9.17, 15) is 0 Å². The summed E-state index contributed by atoms with van der Waals surface area (Å²) in [5.41, 5.74) is 2.78. The third kappa shape index (κ3) is 3.01. The summed E-state index contributed by atoms with van der Waals surface area (Å²) in [4.78, 5) is 2.69. The van der Waals surface area contributed by atoms with E-state index in [0.29, 0.717) is 12.1 Å². The van der Waals surface area contributed by atoms with E-state index in [1.54, 1.807) is 0 Å². The lowest BCUT2D eigenvalue weighted by Gasteiger charge is -2.36. The topological polar surface area (TPSA) is 15.3 Å². The fourth-order valence-corrected chi connectivity index (χ4v) is 3.76. The maximum atomic E-state index is 3.85. The molecule has 2 fully saturated rings. The molecule has 0 radical (unpaired) electrons. The van der Waals surface area contributed by atoms with Gasteiger partial charge in [-0.05, 0) is 58.2 Å². The van der Waals surface area contributed by atoms with Crippen molar-refractivity contribution in [3.63, 3.8) is 0 Å². The van der Waals surface area contributed by atoms with Crippen molar-refractivity contribution in [1.29, 1.82) is 0 Å². The molecule has 104 valence electrons. The highest BCUT2D eigenvalue weighted by atomic mass is 15.2. The van der Waals surface area contributed by atoms with Crippen LogP contribution in [0, 0.1) is 6.92 Å². The predicted molar refractivity (Wildman–Crippen MR) is 80.3 cm³/mol. The molecule has 0 saturated carbocycles. The number of aryl methyl sites for hydroxylation is 1. The molecular weight excluding hydrogens is 232 g/mol. The Morgan fingerprint density at radius 2 is 2.16 bits per heavy atom. The molecule has 3 rings (SSSR count). The molecule has 19 heavy (non-hydrogen) atoms. The summed E-state index contributed by atoms with van der Waals surface area (Å²) in [5.74, 6) is 0. The second kappa shape index (κ2) is 5.64. The first-order valence-electron chi connectivity index (χ1n) is 7.79. The third-order valence-electron chi connectivity index (χ3n) is 4.85. The van der Waals surface area contributed by atoms with Crippen LogP contribution in [0.25, 0.3) is 0 Å². The Balaban J connectivity index is 1.59. The van der Waals surface area contributed by atoms with Gasteiger partial charge in [-0.2, -0.15) is 0 Å². The van der Waals surface area contributed by atoms with Crippen LogP contribution in [0.5, 0.6) is 0 Å². The maximum Gasteiger partial charge on any atom is 0.0294 e. The average molecular weight is 258 g/mol. The minimum atomic E-state index is 0.470. The van der Waals surface area contributed by atoms with Crippen LogP contribution >= 0.6 is 0 Å². The molecule has 0 bridgehead atoms. The van der Waals surface area contributed by atoms with Crippen LogP contribution in [0.15, 0.2) is 24.3 Å². The van der Waals surface area contributed by atoms with E-state index in [2.05, 4.69) is 48.3 Å². The van der Waals surface area contributed by atoms with Crippen molar-refractivity contribution in [3.05, 3.63) is 35.4 Å². The zero-order valence-corrected chi connectivity index (χ0v) is 12.2. The Hall–Kier alpha value is -0.860. The van der Waals surface area contributed by atoms with Crippen LogP contribution in [0.4, 0.5) is 0 Å².